The molecule has 22 heavy (non-hydrogen) atoms. The minimum atomic E-state index is -0.491. The van der Waals surface area contributed by atoms with Crippen molar-refractivity contribution in [2.24, 2.45) is 5.92 Å². The molecule has 0 fully saturated rings. The van der Waals surface area contributed by atoms with Crippen LogP contribution in [-0.2, 0) is 15.9 Å². The number of aromatic nitrogens is 2. The number of rotatable bonds is 5. The van der Waals surface area contributed by atoms with Gasteiger partial charge in [0.15, 0.2) is 21.4 Å². The van der Waals surface area contributed by atoms with Gasteiger partial charge in [0.1, 0.15) is 0 Å². The van der Waals surface area contributed by atoms with Crippen molar-refractivity contribution >= 4 is 34.6 Å². The van der Waals surface area contributed by atoms with E-state index in [4.69, 9.17) is 4.74 Å². The van der Waals surface area contributed by atoms with Crippen molar-refractivity contribution in [1.82, 2.24) is 9.97 Å². The van der Waals surface area contributed by atoms with Gasteiger partial charge < -0.3 is 9.47 Å². The molecule has 0 N–H and O–H groups in total. The number of carbonyl (C=O) groups excluding carboxylic acids is 2. The third-order valence-corrected chi connectivity index (χ3v) is 4.81. The first-order valence-corrected chi connectivity index (χ1v) is 8.28. The van der Waals surface area contributed by atoms with E-state index in [2.05, 4.69) is 28.6 Å². The molecule has 118 valence electrons. The summed E-state index contributed by atoms with van der Waals surface area (Å²) in [6.45, 7) is 4.14. The van der Waals surface area contributed by atoms with Crippen LogP contribution in [0.25, 0.3) is 10.0 Å². The lowest BCUT2D eigenvalue weighted by Crippen LogP contribution is -2.06. The summed E-state index contributed by atoms with van der Waals surface area (Å²) in [5, 5.41) is 2.81. The van der Waals surface area contributed by atoms with Crippen molar-refractivity contribution in [2.75, 3.05) is 14.2 Å². The zero-order valence-electron chi connectivity index (χ0n) is 12.7. The van der Waals surface area contributed by atoms with Crippen molar-refractivity contribution in [1.29, 1.82) is 0 Å². The summed E-state index contributed by atoms with van der Waals surface area (Å²) in [7, 11) is 2.64. The molecular weight excluding hydrogens is 324 g/mol. The van der Waals surface area contributed by atoms with Gasteiger partial charge in [-0.25, -0.2) is 19.6 Å². The molecule has 0 aromatic carbocycles. The summed E-state index contributed by atoms with van der Waals surface area (Å²) < 4.78 is 9.42. The van der Waals surface area contributed by atoms with E-state index in [-0.39, 0.29) is 5.69 Å². The van der Waals surface area contributed by atoms with E-state index in [1.807, 2.05) is 0 Å². The Morgan fingerprint density at radius 1 is 1.14 bits per heavy atom. The van der Waals surface area contributed by atoms with E-state index in [0.29, 0.717) is 21.6 Å². The third-order valence-electron chi connectivity index (χ3n) is 2.75. The minimum absolute atomic E-state index is 0.239. The van der Waals surface area contributed by atoms with Gasteiger partial charge in [0.25, 0.3) is 0 Å². The lowest BCUT2D eigenvalue weighted by molar-refractivity contribution is 0.0585. The Bertz CT molecular complexity index is 691. The van der Waals surface area contributed by atoms with Gasteiger partial charge in [-0.1, -0.05) is 13.8 Å². The second-order valence-electron chi connectivity index (χ2n) is 4.91. The summed E-state index contributed by atoms with van der Waals surface area (Å²) in [5.41, 5.74) is 0.564. The molecule has 8 heteroatoms. The molecule has 0 atom stereocenters. The highest BCUT2D eigenvalue weighted by Gasteiger charge is 2.22. The van der Waals surface area contributed by atoms with Crippen molar-refractivity contribution < 1.29 is 19.1 Å². The van der Waals surface area contributed by atoms with Gasteiger partial charge >= 0.3 is 11.9 Å². The van der Waals surface area contributed by atoms with Gasteiger partial charge in [-0.3, -0.25) is 0 Å². The number of nitrogens with zero attached hydrogens (tertiary/aromatic N) is 2. The maximum Gasteiger partial charge on any atom is 0.357 e. The van der Waals surface area contributed by atoms with E-state index in [0.717, 1.165) is 11.3 Å². The highest BCUT2D eigenvalue weighted by molar-refractivity contribution is 7.21. The molecule has 6 nitrogen and oxygen atoms in total. The highest BCUT2D eigenvalue weighted by Crippen LogP contribution is 2.32. The Morgan fingerprint density at radius 2 is 1.82 bits per heavy atom. The number of hydrogen-bond acceptors (Lipinski definition) is 8. The van der Waals surface area contributed by atoms with Crippen LogP contribution in [0.15, 0.2) is 5.38 Å². The maximum absolute atomic E-state index is 11.9. The number of thiazole rings is 2. The number of methoxy groups -OCH3 is 2. The van der Waals surface area contributed by atoms with E-state index in [1.165, 1.54) is 36.9 Å². The largest absolute Gasteiger partial charge is 0.464 e. The van der Waals surface area contributed by atoms with E-state index >= 15 is 0 Å². The molecule has 0 radical (unpaired) electrons. The fourth-order valence-electron chi connectivity index (χ4n) is 1.78. The molecule has 0 saturated heterocycles. The smallest absolute Gasteiger partial charge is 0.357 e. The second kappa shape index (κ2) is 6.97. The maximum atomic E-state index is 11.9. The number of hydrogen-bond donors (Lipinski definition) is 0. The molecule has 2 aromatic rings. The second-order valence-corrected chi connectivity index (χ2v) is 6.85. The summed E-state index contributed by atoms with van der Waals surface area (Å²) in [4.78, 5) is 32.7. The zero-order chi connectivity index (χ0) is 16.3. The van der Waals surface area contributed by atoms with Crippen LogP contribution in [-0.4, -0.2) is 36.1 Å². The van der Waals surface area contributed by atoms with Crippen LogP contribution < -0.4 is 0 Å². The average Bonchev–Trinajstić information content (AvgIpc) is 3.11. The summed E-state index contributed by atoms with van der Waals surface area (Å²) in [6.07, 6.45) is 0.733. The Morgan fingerprint density at radius 3 is 2.41 bits per heavy atom. The van der Waals surface area contributed by atoms with Crippen LogP contribution in [0.5, 0.6) is 0 Å². The molecule has 0 unspecified atom stereocenters. The predicted molar refractivity (Wildman–Crippen MR) is 84.4 cm³/mol. The Kier molecular flexibility index (Phi) is 5.25. The van der Waals surface area contributed by atoms with Crippen LogP contribution in [0, 0.1) is 5.92 Å². The zero-order valence-corrected chi connectivity index (χ0v) is 14.3. The molecular formula is C14H16N2O4S2. The molecule has 2 rings (SSSR count). The fraction of sp³-hybridized carbons (Fsp3) is 0.429. The van der Waals surface area contributed by atoms with Crippen molar-refractivity contribution in [2.45, 2.75) is 20.3 Å². The average molecular weight is 340 g/mol. The number of esters is 2. The van der Waals surface area contributed by atoms with Gasteiger partial charge in [-0.2, -0.15) is 0 Å². The van der Waals surface area contributed by atoms with Gasteiger partial charge in [0.05, 0.1) is 14.2 Å². The van der Waals surface area contributed by atoms with Gasteiger partial charge in [0, 0.05) is 10.3 Å². The van der Waals surface area contributed by atoms with Gasteiger partial charge in [0.2, 0.25) is 0 Å². The van der Waals surface area contributed by atoms with E-state index < -0.39 is 11.9 Å². The summed E-state index contributed by atoms with van der Waals surface area (Å²) >= 11 is 2.69. The van der Waals surface area contributed by atoms with Crippen LogP contribution in [0.1, 0.15) is 39.7 Å². The molecule has 0 bridgehead atoms. The molecule has 0 amide bonds. The minimum Gasteiger partial charge on any atom is -0.464 e. The monoisotopic (exact) mass is 340 g/mol. The van der Waals surface area contributed by atoms with Crippen molar-refractivity contribution in [3.63, 3.8) is 0 Å². The number of ether oxygens (including phenoxy) is 2. The standard InChI is InChI=1S/C14H16N2O4S2/c1-7(2)5-9-10(14(18)20-4)16-12(22-9)11-15-8(6-21-11)13(17)19-3/h6-7H,5H2,1-4H3. The molecule has 2 heterocycles. The molecule has 0 aliphatic carbocycles. The van der Waals surface area contributed by atoms with Crippen molar-refractivity contribution in [3.05, 3.63) is 21.6 Å². The number of carbonyl (C=O) groups is 2. The van der Waals surface area contributed by atoms with E-state index in [9.17, 15) is 9.59 Å². The van der Waals surface area contributed by atoms with E-state index in [1.54, 1.807) is 5.38 Å². The molecule has 0 spiro atoms. The first kappa shape index (κ1) is 16.6. The Hall–Kier alpha value is -1.80. The van der Waals surface area contributed by atoms with Crippen LogP contribution >= 0.6 is 22.7 Å². The summed E-state index contributed by atoms with van der Waals surface area (Å²) in [5.74, 6) is -0.559. The molecule has 2 aromatic heterocycles. The SMILES string of the molecule is COC(=O)c1csc(-c2nc(C(=O)OC)c(CC(C)C)s2)n1. The molecule has 0 saturated carbocycles. The Balaban J connectivity index is 2.39. The fourth-order valence-corrected chi connectivity index (χ4v) is 3.86. The molecule has 0 aliphatic rings. The normalized spacial score (nSPS) is 10.8. The third kappa shape index (κ3) is 3.50. The van der Waals surface area contributed by atoms with Crippen molar-refractivity contribution in [3.8, 4) is 10.0 Å². The topological polar surface area (TPSA) is 78.4 Å². The quantitative estimate of drug-likeness (QED) is 0.779. The predicted octanol–water partition coefficient (Wildman–Crippen LogP) is 3.04. The Labute approximate surface area is 136 Å². The van der Waals surface area contributed by atoms with Gasteiger partial charge in [-0.15, -0.1) is 22.7 Å². The summed E-state index contributed by atoms with van der Waals surface area (Å²) in [6, 6.07) is 0. The lowest BCUT2D eigenvalue weighted by Gasteiger charge is -2.02. The lowest BCUT2D eigenvalue weighted by atomic mass is 10.1. The van der Waals surface area contributed by atoms with Crippen LogP contribution in [0.3, 0.4) is 0 Å². The van der Waals surface area contributed by atoms with Crippen LogP contribution in [0.4, 0.5) is 0 Å². The molecule has 0 aliphatic heterocycles. The van der Waals surface area contributed by atoms with Crippen LogP contribution in [0.2, 0.25) is 0 Å². The first-order valence-electron chi connectivity index (χ1n) is 6.58. The highest BCUT2D eigenvalue weighted by atomic mass is 32.1. The van der Waals surface area contributed by atoms with Gasteiger partial charge in [-0.05, 0) is 12.3 Å². The first-order chi connectivity index (χ1) is 10.5.